The predicted octanol–water partition coefficient (Wildman–Crippen LogP) is 1.17. The molecule has 1 aliphatic heterocycles. The van der Waals surface area contributed by atoms with Gasteiger partial charge in [0.05, 0.1) is 12.9 Å². The smallest absolute Gasteiger partial charge is 0.258 e. The molecule has 126 valence electrons. The van der Waals surface area contributed by atoms with Crippen molar-refractivity contribution in [2.24, 2.45) is 0 Å². The highest BCUT2D eigenvalue weighted by atomic mass is 16.7. The van der Waals surface area contributed by atoms with Gasteiger partial charge in [0.25, 0.3) is 5.79 Å². The lowest BCUT2D eigenvalue weighted by Gasteiger charge is -2.49. The Morgan fingerprint density at radius 3 is 2.23 bits per heavy atom. The summed E-state index contributed by atoms with van der Waals surface area (Å²) in [7, 11) is 7.91. The first-order valence-electron chi connectivity index (χ1n) is 7.02. The minimum atomic E-state index is -1.24. The Morgan fingerprint density at radius 2 is 1.77 bits per heavy atom. The Bertz CT molecular complexity index is 435. The molecule has 0 aliphatic carbocycles. The van der Waals surface area contributed by atoms with Crippen molar-refractivity contribution in [1.82, 2.24) is 0 Å². The first kappa shape index (κ1) is 17.4. The van der Waals surface area contributed by atoms with Crippen molar-refractivity contribution in [2.75, 3.05) is 42.2 Å². The minimum absolute atomic E-state index is 0.320. The van der Waals surface area contributed by atoms with Crippen LogP contribution in [0.1, 0.15) is 5.76 Å². The summed E-state index contributed by atoms with van der Waals surface area (Å²) in [4.78, 5) is 0. The molecular weight excluding hydrogens is 292 g/mol. The van der Waals surface area contributed by atoms with Crippen molar-refractivity contribution in [3.63, 3.8) is 0 Å². The monoisotopic (exact) mass is 316 g/mol. The zero-order chi connectivity index (χ0) is 16.2. The fourth-order valence-electron chi connectivity index (χ4n) is 3.03. The topological polar surface area (TPSA) is 68.5 Å². The summed E-state index contributed by atoms with van der Waals surface area (Å²) in [6, 6.07) is 3.54. The summed E-state index contributed by atoms with van der Waals surface area (Å²) in [6.45, 7) is 0.320. The third-order valence-corrected chi connectivity index (χ3v) is 3.99. The van der Waals surface area contributed by atoms with Gasteiger partial charge in [0.1, 0.15) is 24.4 Å². The van der Waals surface area contributed by atoms with Crippen LogP contribution in [-0.4, -0.2) is 66.6 Å². The maximum atomic E-state index is 6.18. The van der Waals surface area contributed by atoms with Gasteiger partial charge in [-0.15, -0.1) is 0 Å². The first-order valence-corrected chi connectivity index (χ1v) is 7.02. The Kier molecular flexibility index (Phi) is 5.96. The highest BCUT2D eigenvalue weighted by molar-refractivity contribution is 5.14. The average Bonchev–Trinajstić information content (AvgIpc) is 3.08. The van der Waals surface area contributed by atoms with Crippen LogP contribution in [-0.2, 0) is 34.2 Å². The zero-order valence-corrected chi connectivity index (χ0v) is 13.6. The van der Waals surface area contributed by atoms with Gasteiger partial charge in [-0.2, -0.15) is 0 Å². The number of methoxy groups -OCH3 is 5. The molecular formula is C15H24O7. The standard InChI is InChI=1S/C15H24O7/c1-16-9-10-12(17-2)13(18-3)14(19-4)15(20-5,22-10)11-7-6-8-21-11/h6-8,10,12-14H,9H2,1-5H3/t10-,12-,13+,14+,15+/m1/s1. The molecule has 1 aliphatic rings. The van der Waals surface area contributed by atoms with Crippen LogP contribution in [0.2, 0.25) is 0 Å². The van der Waals surface area contributed by atoms with Crippen molar-refractivity contribution >= 4 is 0 Å². The summed E-state index contributed by atoms with van der Waals surface area (Å²) in [6.07, 6.45) is -0.216. The van der Waals surface area contributed by atoms with Crippen LogP contribution < -0.4 is 0 Å². The lowest BCUT2D eigenvalue weighted by atomic mass is 9.90. The van der Waals surface area contributed by atoms with Gasteiger partial charge in [0.2, 0.25) is 0 Å². The van der Waals surface area contributed by atoms with E-state index in [9.17, 15) is 0 Å². The number of hydrogen-bond acceptors (Lipinski definition) is 7. The van der Waals surface area contributed by atoms with Gasteiger partial charge in [0.15, 0.2) is 5.76 Å². The number of hydrogen-bond donors (Lipinski definition) is 0. The van der Waals surface area contributed by atoms with Gasteiger partial charge in [-0.25, -0.2) is 0 Å². The second kappa shape index (κ2) is 7.54. The van der Waals surface area contributed by atoms with Crippen LogP contribution in [0.15, 0.2) is 22.8 Å². The molecule has 1 saturated heterocycles. The van der Waals surface area contributed by atoms with Crippen molar-refractivity contribution in [3.8, 4) is 0 Å². The fraction of sp³-hybridized carbons (Fsp3) is 0.733. The normalized spacial score (nSPS) is 35.7. The highest BCUT2D eigenvalue weighted by Gasteiger charge is 2.59. The van der Waals surface area contributed by atoms with Crippen LogP contribution in [0, 0.1) is 0 Å². The zero-order valence-electron chi connectivity index (χ0n) is 13.6. The van der Waals surface area contributed by atoms with E-state index in [1.165, 1.54) is 7.11 Å². The third-order valence-electron chi connectivity index (χ3n) is 3.99. The van der Waals surface area contributed by atoms with E-state index in [2.05, 4.69) is 0 Å². The molecule has 0 saturated carbocycles. The van der Waals surface area contributed by atoms with E-state index in [1.54, 1.807) is 46.8 Å². The van der Waals surface area contributed by atoms with E-state index >= 15 is 0 Å². The molecule has 22 heavy (non-hydrogen) atoms. The van der Waals surface area contributed by atoms with E-state index in [0.717, 1.165) is 0 Å². The molecule has 0 aromatic carbocycles. The van der Waals surface area contributed by atoms with Crippen molar-refractivity contribution < 1.29 is 32.8 Å². The molecule has 1 fully saturated rings. The molecule has 0 bridgehead atoms. The summed E-state index contributed by atoms with van der Waals surface area (Å²) < 4.78 is 39.4. The molecule has 2 heterocycles. The number of ether oxygens (including phenoxy) is 6. The van der Waals surface area contributed by atoms with Crippen LogP contribution >= 0.6 is 0 Å². The average molecular weight is 316 g/mol. The Balaban J connectivity index is 2.46. The predicted molar refractivity (Wildman–Crippen MR) is 76.5 cm³/mol. The largest absolute Gasteiger partial charge is 0.463 e. The first-order chi connectivity index (χ1) is 10.7. The maximum absolute atomic E-state index is 6.18. The lowest BCUT2D eigenvalue weighted by molar-refractivity contribution is -0.380. The van der Waals surface area contributed by atoms with Crippen molar-refractivity contribution in [3.05, 3.63) is 24.2 Å². The molecule has 0 spiro atoms. The van der Waals surface area contributed by atoms with E-state index < -0.39 is 24.1 Å². The lowest BCUT2D eigenvalue weighted by Crippen LogP contribution is -2.65. The maximum Gasteiger partial charge on any atom is 0.258 e. The Labute approximate surface area is 130 Å². The van der Waals surface area contributed by atoms with E-state index in [4.69, 9.17) is 32.8 Å². The second-order valence-electron chi connectivity index (χ2n) is 5.02. The molecule has 1 aromatic heterocycles. The van der Waals surface area contributed by atoms with Gasteiger partial charge in [-0.1, -0.05) is 0 Å². The molecule has 0 unspecified atom stereocenters. The molecule has 0 N–H and O–H groups in total. The van der Waals surface area contributed by atoms with Crippen LogP contribution in [0.25, 0.3) is 0 Å². The summed E-state index contributed by atoms with van der Waals surface area (Å²) in [5.74, 6) is -0.739. The van der Waals surface area contributed by atoms with E-state index in [-0.39, 0.29) is 6.10 Å². The highest BCUT2D eigenvalue weighted by Crippen LogP contribution is 2.42. The SMILES string of the molecule is COC[C@H]1O[C@@](OC)(c2ccco2)[C@@H](OC)[C@@H](OC)[C@@H]1OC. The summed E-state index contributed by atoms with van der Waals surface area (Å²) in [5, 5.41) is 0. The van der Waals surface area contributed by atoms with Crippen LogP contribution in [0.4, 0.5) is 0 Å². The number of furan rings is 1. The van der Waals surface area contributed by atoms with Gasteiger partial charge >= 0.3 is 0 Å². The quantitative estimate of drug-likeness (QED) is 0.748. The van der Waals surface area contributed by atoms with Gasteiger partial charge < -0.3 is 32.8 Å². The van der Waals surface area contributed by atoms with Crippen molar-refractivity contribution in [1.29, 1.82) is 0 Å². The molecule has 0 amide bonds. The van der Waals surface area contributed by atoms with Crippen LogP contribution in [0.3, 0.4) is 0 Å². The summed E-state index contributed by atoms with van der Waals surface area (Å²) in [5.41, 5.74) is 0. The molecule has 0 radical (unpaired) electrons. The Morgan fingerprint density at radius 1 is 1.05 bits per heavy atom. The van der Waals surface area contributed by atoms with Gasteiger partial charge in [-0.05, 0) is 12.1 Å². The summed E-state index contributed by atoms with van der Waals surface area (Å²) >= 11 is 0. The van der Waals surface area contributed by atoms with E-state index in [0.29, 0.717) is 12.4 Å². The number of rotatable bonds is 7. The minimum Gasteiger partial charge on any atom is -0.463 e. The second-order valence-corrected chi connectivity index (χ2v) is 5.02. The van der Waals surface area contributed by atoms with Gasteiger partial charge in [-0.3, -0.25) is 0 Å². The van der Waals surface area contributed by atoms with E-state index in [1.807, 2.05) is 0 Å². The third kappa shape index (κ3) is 2.80. The fourth-order valence-corrected chi connectivity index (χ4v) is 3.03. The van der Waals surface area contributed by atoms with Crippen LogP contribution in [0.5, 0.6) is 0 Å². The molecule has 2 rings (SSSR count). The Hall–Kier alpha value is -0.960. The van der Waals surface area contributed by atoms with Gasteiger partial charge in [0, 0.05) is 35.5 Å². The molecule has 5 atom stereocenters. The molecule has 7 nitrogen and oxygen atoms in total. The van der Waals surface area contributed by atoms with Crippen molar-refractivity contribution in [2.45, 2.75) is 30.2 Å². The molecule has 7 heteroatoms. The molecule has 1 aromatic rings.